The normalized spacial score (nSPS) is 43.1. The maximum atomic E-state index is 12.7. The van der Waals surface area contributed by atoms with Gasteiger partial charge < -0.3 is 0 Å². The number of fused-ring (bicyclic) bond motifs is 5. The van der Waals surface area contributed by atoms with Gasteiger partial charge in [-0.1, -0.05) is 53.9 Å². The van der Waals surface area contributed by atoms with Crippen LogP contribution in [0, 0.1) is 52.3 Å². The van der Waals surface area contributed by atoms with Crippen molar-refractivity contribution in [3.05, 3.63) is 11.6 Å². The summed E-state index contributed by atoms with van der Waals surface area (Å²) in [5.41, 5.74) is 1.72. The van der Waals surface area contributed by atoms with E-state index in [-0.39, 0.29) is 22.9 Å². The molecular formula is C29H46O2. The third-order valence-electron chi connectivity index (χ3n) is 10.7. The molecule has 0 heterocycles. The molecule has 0 amide bonds. The van der Waals surface area contributed by atoms with Crippen molar-refractivity contribution in [1.82, 2.24) is 0 Å². The van der Waals surface area contributed by atoms with Gasteiger partial charge in [0.1, 0.15) is 5.78 Å². The molecule has 2 heteroatoms. The van der Waals surface area contributed by atoms with Gasteiger partial charge in [-0.05, 0) is 103 Å². The molecule has 4 rings (SSSR count). The minimum absolute atomic E-state index is 0.0136. The Bertz CT molecular complexity index is 748. The van der Waals surface area contributed by atoms with Crippen LogP contribution in [0.4, 0.5) is 0 Å². The van der Waals surface area contributed by atoms with Crippen LogP contribution in [0.1, 0.15) is 106 Å². The van der Waals surface area contributed by atoms with Gasteiger partial charge in [0.25, 0.3) is 0 Å². The van der Waals surface area contributed by atoms with Gasteiger partial charge in [-0.25, -0.2) is 0 Å². The van der Waals surface area contributed by atoms with Crippen LogP contribution < -0.4 is 0 Å². The molecule has 31 heavy (non-hydrogen) atoms. The lowest BCUT2D eigenvalue weighted by Crippen LogP contribution is -2.53. The van der Waals surface area contributed by atoms with Crippen molar-refractivity contribution in [3.8, 4) is 0 Å². The molecule has 0 spiro atoms. The van der Waals surface area contributed by atoms with Crippen LogP contribution in [0.15, 0.2) is 11.6 Å². The summed E-state index contributed by atoms with van der Waals surface area (Å²) in [6.45, 7) is 14.0. The molecule has 174 valence electrons. The standard InChI is InChI=1S/C29H46O2/c1-18(2)8-7-9-19(3)24-10-11-25-23-17-22(20(4)30)27-16-21(31)12-14-29(27,6)26(23)13-15-28(24,25)5/h16,18-19,22-26H,7-15,17H2,1-6H3/t19-,22-,23+,24-,25+,26+,28-,29-/m1/s1. The first-order valence-electron chi connectivity index (χ1n) is 13.3. The number of carbonyl (C=O) groups is 2. The van der Waals surface area contributed by atoms with Gasteiger partial charge in [-0.2, -0.15) is 0 Å². The summed E-state index contributed by atoms with van der Waals surface area (Å²) in [4.78, 5) is 25.0. The van der Waals surface area contributed by atoms with E-state index >= 15 is 0 Å². The van der Waals surface area contributed by atoms with Crippen LogP contribution in [0.5, 0.6) is 0 Å². The predicted molar refractivity (Wildman–Crippen MR) is 128 cm³/mol. The van der Waals surface area contributed by atoms with E-state index in [9.17, 15) is 9.59 Å². The zero-order valence-corrected chi connectivity index (χ0v) is 21.0. The number of hydrogen-bond donors (Lipinski definition) is 0. The molecule has 0 aromatic heterocycles. The molecule has 0 aliphatic heterocycles. The zero-order valence-electron chi connectivity index (χ0n) is 21.0. The van der Waals surface area contributed by atoms with Gasteiger partial charge in [0.05, 0.1) is 0 Å². The Morgan fingerprint density at radius 2 is 1.81 bits per heavy atom. The Hall–Kier alpha value is -0.920. The fourth-order valence-electron chi connectivity index (χ4n) is 9.05. The number of allylic oxidation sites excluding steroid dienone is 1. The summed E-state index contributed by atoms with van der Waals surface area (Å²) in [6, 6.07) is 0. The first kappa shape index (κ1) is 23.2. The quantitative estimate of drug-likeness (QED) is 0.443. The molecule has 0 radical (unpaired) electrons. The van der Waals surface area contributed by atoms with E-state index in [0.717, 1.165) is 36.5 Å². The Balaban J connectivity index is 1.58. The van der Waals surface area contributed by atoms with Crippen LogP contribution >= 0.6 is 0 Å². The van der Waals surface area contributed by atoms with Crippen molar-refractivity contribution in [2.45, 2.75) is 106 Å². The molecule has 3 fully saturated rings. The van der Waals surface area contributed by atoms with Crippen LogP contribution in [-0.4, -0.2) is 11.6 Å². The number of carbonyl (C=O) groups excluding carboxylic acids is 2. The molecular weight excluding hydrogens is 380 g/mol. The molecule has 0 aromatic carbocycles. The van der Waals surface area contributed by atoms with Crippen LogP contribution in [0.25, 0.3) is 0 Å². The van der Waals surface area contributed by atoms with E-state index in [1.807, 2.05) is 6.08 Å². The highest BCUT2D eigenvalue weighted by Crippen LogP contribution is 2.68. The van der Waals surface area contributed by atoms with Crippen molar-refractivity contribution in [2.24, 2.45) is 52.3 Å². The van der Waals surface area contributed by atoms with E-state index in [0.29, 0.717) is 23.7 Å². The largest absolute Gasteiger partial charge is 0.299 e. The molecule has 0 N–H and O–H groups in total. The van der Waals surface area contributed by atoms with E-state index in [4.69, 9.17) is 0 Å². The van der Waals surface area contributed by atoms with Gasteiger partial charge in [-0.3, -0.25) is 9.59 Å². The highest BCUT2D eigenvalue weighted by atomic mass is 16.1. The van der Waals surface area contributed by atoms with Crippen molar-refractivity contribution >= 4 is 11.6 Å². The highest BCUT2D eigenvalue weighted by Gasteiger charge is 2.61. The molecule has 4 aliphatic rings. The topological polar surface area (TPSA) is 34.1 Å². The zero-order chi connectivity index (χ0) is 22.6. The third kappa shape index (κ3) is 3.89. The number of hydrogen-bond acceptors (Lipinski definition) is 2. The van der Waals surface area contributed by atoms with Gasteiger partial charge in [0.2, 0.25) is 0 Å². The molecule has 0 saturated heterocycles. The number of Topliss-reactive ketones (excluding diaryl/α,β-unsaturated/α-hetero) is 1. The first-order valence-corrected chi connectivity index (χ1v) is 13.3. The summed E-state index contributed by atoms with van der Waals surface area (Å²) >= 11 is 0. The summed E-state index contributed by atoms with van der Waals surface area (Å²) in [5, 5.41) is 0. The average Bonchev–Trinajstić information content (AvgIpc) is 3.05. The van der Waals surface area contributed by atoms with Crippen LogP contribution in [0.3, 0.4) is 0 Å². The monoisotopic (exact) mass is 426 g/mol. The number of rotatable bonds is 6. The fourth-order valence-corrected chi connectivity index (χ4v) is 9.05. The van der Waals surface area contributed by atoms with Crippen molar-refractivity contribution in [2.75, 3.05) is 0 Å². The summed E-state index contributed by atoms with van der Waals surface area (Å²) in [6.07, 6.45) is 14.0. The lowest BCUT2D eigenvalue weighted by atomic mass is 9.44. The molecule has 2 nitrogen and oxygen atoms in total. The SMILES string of the molecule is CC(=O)[C@H]1C[C@H]2[C@@H]3CC[C@H]([C@H](C)CCCC(C)C)[C@@]3(C)CC[C@@H]2[C@@]2(C)CCC(=O)C=C12. The molecule has 0 aromatic rings. The minimum Gasteiger partial charge on any atom is -0.299 e. The van der Waals surface area contributed by atoms with E-state index in [2.05, 4.69) is 34.6 Å². The Morgan fingerprint density at radius 3 is 2.48 bits per heavy atom. The molecule has 4 aliphatic carbocycles. The smallest absolute Gasteiger partial charge is 0.155 e. The minimum atomic E-state index is -0.0136. The van der Waals surface area contributed by atoms with Crippen molar-refractivity contribution in [3.63, 3.8) is 0 Å². The molecule has 0 bridgehead atoms. The third-order valence-corrected chi connectivity index (χ3v) is 10.7. The lowest BCUT2D eigenvalue weighted by Gasteiger charge is -2.60. The summed E-state index contributed by atoms with van der Waals surface area (Å²) < 4.78 is 0. The second kappa shape index (κ2) is 8.45. The number of ketones is 2. The van der Waals surface area contributed by atoms with E-state index in [1.54, 1.807) is 6.92 Å². The van der Waals surface area contributed by atoms with Gasteiger partial charge in [0, 0.05) is 12.3 Å². The van der Waals surface area contributed by atoms with Gasteiger partial charge in [0.15, 0.2) is 5.78 Å². The fraction of sp³-hybridized carbons (Fsp3) is 0.862. The Morgan fingerprint density at radius 1 is 1.06 bits per heavy atom. The molecule has 3 saturated carbocycles. The lowest BCUT2D eigenvalue weighted by molar-refractivity contribution is -0.127. The van der Waals surface area contributed by atoms with Crippen molar-refractivity contribution in [1.29, 1.82) is 0 Å². The first-order chi connectivity index (χ1) is 14.6. The van der Waals surface area contributed by atoms with Crippen LogP contribution in [0.2, 0.25) is 0 Å². The Kier molecular flexibility index (Phi) is 6.34. The molecule has 8 atom stereocenters. The van der Waals surface area contributed by atoms with E-state index in [1.165, 1.54) is 50.5 Å². The maximum absolute atomic E-state index is 12.7. The second-order valence-electron chi connectivity index (χ2n) is 12.8. The second-order valence-corrected chi connectivity index (χ2v) is 12.8. The maximum Gasteiger partial charge on any atom is 0.155 e. The summed E-state index contributed by atoms with van der Waals surface area (Å²) in [7, 11) is 0. The van der Waals surface area contributed by atoms with Gasteiger partial charge >= 0.3 is 0 Å². The molecule has 0 unspecified atom stereocenters. The van der Waals surface area contributed by atoms with Crippen LogP contribution in [-0.2, 0) is 9.59 Å². The summed E-state index contributed by atoms with van der Waals surface area (Å²) in [5.74, 6) is 5.08. The Labute approximate surface area is 191 Å². The van der Waals surface area contributed by atoms with Gasteiger partial charge in [-0.15, -0.1) is 0 Å². The average molecular weight is 427 g/mol. The highest BCUT2D eigenvalue weighted by molar-refractivity contribution is 5.94. The predicted octanol–water partition coefficient (Wildman–Crippen LogP) is 7.41. The van der Waals surface area contributed by atoms with E-state index < -0.39 is 0 Å². The van der Waals surface area contributed by atoms with Crippen molar-refractivity contribution < 1.29 is 9.59 Å².